The molecule has 5 N–H and O–H groups in total. The molecular weight excluding hydrogens is 298 g/mol. The van der Waals surface area contributed by atoms with Crippen LogP contribution >= 0.6 is 0 Å². The molecule has 0 radical (unpaired) electrons. The van der Waals surface area contributed by atoms with Crippen molar-refractivity contribution in [1.82, 2.24) is 9.55 Å². The predicted octanol–water partition coefficient (Wildman–Crippen LogP) is -2.39. The van der Waals surface area contributed by atoms with Gasteiger partial charge < -0.3 is 30.5 Å². The van der Waals surface area contributed by atoms with E-state index in [-0.39, 0.29) is 18.0 Å². The Labute approximate surface area is 124 Å². The lowest BCUT2D eigenvalue weighted by molar-refractivity contribution is -0.0550. The van der Waals surface area contributed by atoms with Gasteiger partial charge in [0.05, 0.1) is 13.2 Å². The fraction of sp³-hybridized carbons (Fsp3) is 0.583. The van der Waals surface area contributed by atoms with Crippen molar-refractivity contribution < 1.29 is 29.6 Å². The summed E-state index contributed by atoms with van der Waals surface area (Å²) in [5, 5.41) is 28.7. The van der Waals surface area contributed by atoms with E-state index in [0.29, 0.717) is 0 Å². The van der Waals surface area contributed by atoms with E-state index in [9.17, 15) is 19.8 Å². The molecule has 1 fully saturated rings. The van der Waals surface area contributed by atoms with Gasteiger partial charge in [0, 0.05) is 6.20 Å². The van der Waals surface area contributed by atoms with Gasteiger partial charge in [0.1, 0.15) is 29.7 Å². The number of nitrogens with zero attached hydrogens (tertiary/aromatic N) is 2. The Bertz CT molecular complexity index is 617. The highest BCUT2D eigenvalue weighted by molar-refractivity contribution is 5.93. The van der Waals surface area contributed by atoms with Crippen LogP contribution in [-0.4, -0.2) is 62.4 Å². The van der Waals surface area contributed by atoms with Crippen LogP contribution in [0.1, 0.15) is 23.5 Å². The molecular formula is C12H17N3O7. The Hall–Kier alpha value is -2.01. The summed E-state index contributed by atoms with van der Waals surface area (Å²) in [6, 6.07) is 0. The highest BCUT2D eigenvalue weighted by Crippen LogP contribution is 2.28. The molecule has 1 aliphatic rings. The minimum absolute atomic E-state index is 0.102. The molecule has 0 bridgehead atoms. The molecule has 1 aromatic rings. The molecule has 0 aliphatic carbocycles. The standard InChI is InChI=1S/C12H17N3O7/c1-2-21-11(19)5-3-15(12(20)14-9(5)13)10-8(18)7(17)6(4-16)22-10/h3,6-8,10,16-18H,2,4H2,1H3,(H2,13,14,20). The third-order valence-corrected chi connectivity index (χ3v) is 3.27. The van der Waals surface area contributed by atoms with Crippen LogP contribution in [0.15, 0.2) is 11.0 Å². The quantitative estimate of drug-likeness (QED) is 0.445. The minimum atomic E-state index is -1.48. The molecule has 0 amide bonds. The molecule has 122 valence electrons. The summed E-state index contributed by atoms with van der Waals surface area (Å²) in [6.45, 7) is 1.16. The van der Waals surface area contributed by atoms with E-state index in [1.54, 1.807) is 6.92 Å². The molecule has 2 heterocycles. The van der Waals surface area contributed by atoms with Crippen molar-refractivity contribution in [2.24, 2.45) is 0 Å². The van der Waals surface area contributed by atoms with Gasteiger partial charge in [-0.15, -0.1) is 0 Å². The summed E-state index contributed by atoms with van der Waals surface area (Å²) in [6.07, 6.45) is -4.18. The van der Waals surface area contributed by atoms with Crippen LogP contribution < -0.4 is 11.4 Å². The van der Waals surface area contributed by atoms with Gasteiger partial charge in [-0.2, -0.15) is 4.98 Å². The van der Waals surface area contributed by atoms with E-state index >= 15 is 0 Å². The molecule has 2 rings (SSSR count). The number of nitrogens with two attached hydrogens (primary N) is 1. The van der Waals surface area contributed by atoms with E-state index in [0.717, 1.165) is 10.8 Å². The second kappa shape index (κ2) is 6.40. The van der Waals surface area contributed by atoms with Gasteiger partial charge in [0.2, 0.25) is 0 Å². The minimum Gasteiger partial charge on any atom is -0.462 e. The first-order valence-electron chi connectivity index (χ1n) is 6.59. The summed E-state index contributed by atoms with van der Waals surface area (Å²) in [4.78, 5) is 27.1. The van der Waals surface area contributed by atoms with Gasteiger partial charge in [-0.3, -0.25) is 4.57 Å². The van der Waals surface area contributed by atoms with Gasteiger partial charge in [0.15, 0.2) is 6.23 Å². The number of aromatic nitrogens is 2. The van der Waals surface area contributed by atoms with Gasteiger partial charge in [-0.25, -0.2) is 9.59 Å². The first kappa shape index (κ1) is 16.4. The van der Waals surface area contributed by atoms with E-state index in [1.165, 1.54) is 0 Å². The van der Waals surface area contributed by atoms with Crippen molar-refractivity contribution in [3.8, 4) is 0 Å². The topological polar surface area (TPSA) is 157 Å². The molecule has 1 saturated heterocycles. The molecule has 10 nitrogen and oxygen atoms in total. The summed E-state index contributed by atoms with van der Waals surface area (Å²) in [5.74, 6) is -1.10. The highest BCUT2D eigenvalue weighted by atomic mass is 16.6. The number of aliphatic hydroxyl groups is 3. The smallest absolute Gasteiger partial charge is 0.351 e. The summed E-state index contributed by atoms with van der Waals surface area (Å²) in [5.41, 5.74) is 4.48. The lowest BCUT2D eigenvalue weighted by atomic mass is 10.1. The number of carbonyl (C=O) groups excluding carboxylic acids is 1. The van der Waals surface area contributed by atoms with Crippen LogP contribution in [0.3, 0.4) is 0 Å². The first-order valence-corrected chi connectivity index (χ1v) is 6.59. The van der Waals surface area contributed by atoms with Crippen LogP contribution in [0.4, 0.5) is 5.82 Å². The Morgan fingerprint density at radius 3 is 2.73 bits per heavy atom. The fourth-order valence-electron chi connectivity index (χ4n) is 2.14. The molecule has 4 unspecified atom stereocenters. The van der Waals surface area contributed by atoms with Gasteiger partial charge in [-0.05, 0) is 6.92 Å². The lowest BCUT2D eigenvalue weighted by Gasteiger charge is -2.18. The average molecular weight is 315 g/mol. The number of anilines is 1. The van der Waals surface area contributed by atoms with Crippen LogP contribution in [0.25, 0.3) is 0 Å². The zero-order chi connectivity index (χ0) is 16.4. The maximum atomic E-state index is 11.9. The molecule has 1 aromatic heterocycles. The molecule has 4 atom stereocenters. The van der Waals surface area contributed by atoms with Crippen molar-refractivity contribution >= 4 is 11.8 Å². The first-order chi connectivity index (χ1) is 10.4. The summed E-state index contributed by atoms with van der Waals surface area (Å²) < 4.78 is 10.8. The highest BCUT2D eigenvalue weighted by Gasteiger charge is 2.44. The second-order valence-corrected chi connectivity index (χ2v) is 4.68. The second-order valence-electron chi connectivity index (χ2n) is 4.68. The molecule has 0 saturated carbocycles. The van der Waals surface area contributed by atoms with Crippen LogP contribution in [0, 0.1) is 0 Å². The molecule has 1 aliphatic heterocycles. The van der Waals surface area contributed by atoms with Crippen molar-refractivity contribution in [1.29, 1.82) is 0 Å². The molecule has 22 heavy (non-hydrogen) atoms. The Morgan fingerprint density at radius 1 is 1.50 bits per heavy atom. The Kier molecular flexibility index (Phi) is 4.76. The van der Waals surface area contributed by atoms with E-state index in [2.05, 4.69) is 4.98 Å². The SMILES string of the molecule is CCOC(=O)c1cn(C2OC(CO)C(O)C2O)c(=O)nc1N. The number of nitrogen functional groups attached to an aromatic ring is 1. The molecule has 0 spiro atoms. The largest absolute Gasteiger partial charge is 0.462 e. The fourth-order valence-corrected chi connectivity index (χ4v) is 2.14. The van der Waals surface area contributed by atoms with Gasteiger partial charge in [0.25, 0.3) is 0 Å². The number of hydrogen-bond donors (Lipinski definition) is 4. The van der Waals surface area contributed by atoms with E-state index in [1.807, 2.05) is 0 Å². The number of aliphatic hydroxyl groups excluding tert-OH is 3. The van der Waals surface area contributed by atoms with Crippen LogP contribution in [-0.2, 0) is 9.47 Å². The maximum absolute atomic E-state index is 11.9. The predicted molar refractivity (Wildman–Crippen MR) is 71.9 cm³/mol. The monoisotopic (exact) mass is 315 g/mol. The average Bonchev–Trinajstić information content (AvgIpc) is 2.75. The third-order valence-electron chi connectivity index (χ3n) is 3.27. The van der Waals surface area contributed by atoms with Gasteiger partial charge >= 0.3 is 11.7 Å². The number of ether oxygens (including phenoxy) is 2. The van der Waals surface area contributed by atoms with Crippen LogP contribution in [0.5, 0.6) is 0 Å². The van der Waals surface area contributed by atoms with Gasteiger partial charge in [-0.1, -0.05) is 0 Å². The maximum Gasteiger partial charge on any atom is 0.351 e. The van der Waals surface area contributed by atoms with E-state index in [4.69, 9.17) is 20.3 Å². The summed E-state index contributed by atoms with van der Waals surface area (Å²) >= 11 is 0. The molecule has 10 heteroatoms. The van der Waals surface area contributed by atoms with E-state index < -0.39 is 42.8 Å². The third kappa shape index (κ3) is 2.81. The van der Waals surface area contributed by atoms with Crippen molar-refractivity contribution in [3.05, 3.63) is 22.2 Å². The van der Waals surface area contributed by atoms with Crippen molar-refractivity contribution in [2.75, 3.05) is 18.9 Å². The van der Waals surface area contributed by atoms with Crippen molar-refractivity contribution in [3.63, 3.8) is 0 Å². The zero-order valence-electron chi connectivity index (χ0n) is 11.7. The normalized spacial score (nSPS) is 27.8. The lowest BCUT2D eigenvalue weighted by Crippen LogP contribution is -2.36. The number of hydrogen-bond acceptors (Lipinski definition) is 9. The summed E-state index contributed by atoms with van der Waals surface area (Å²) in [7, 11) is 0. The van der Waals surface area contributed by atoms with Crippen LogP contribution in [0.2, 0.25) is 0 Å². The number of carbonyl (C=O) groups is 1. The molecule has 0 aromatic carbocycles. The Balaban J connectivity index is 2.41. The van der Waals surface area contributed by atoms with Crippen molar-refractivity contribution in [2.45, 2.75) is 31.5 Å². The zero-order valence-corrected chi connectivity index (χ0v) is 11.7. The Morgan fingerprint density at radius 2 is 2.18 bits per heavy atom. The number of rotatable bonds is 4. The number of esters is 1.